The van der Waals surface area contributed by atoms with E-state index >= 15 is 0 Å². The SMILES string of the molecule is O=C(C=Cc1ccc(O)cc1)c1ccccc1O. The van der Waals surface area contributed by atoms with E-state index in [9.17, 15) is 9.90 Å². The van der Waals surface area contributed by atoms with E-state index in [2.05, 4.69) is 0 Å². The topological polar surface area (TPSA) is 57.5 Å². The molecule has 0 amide bonds. The summed E-state index contributed by atoms with van der Waals surface area (Å²) < 4.78 is 0. The van der Waals surface area contributed by atoms with E-state index in [4.69, 9.17) is 5.11 Å². The summed E-state index contributed by atoms with van der Waals surface area (Å²) in [5.74, 6) is -0.113. The van der Waals surface area contributed by atoms with Crippen LogP contribution in [-0.4, -0.2) is 16.0 Å². The summed E-state index contributed by atoms with van der Waals surface area (Å²) in [5.41, 5.74) is 1.07. The lowest BCUT2D eigenvalue weighted by molar-refractivity contribution is 0.104. The molecule has 0 spiro atoms. The van der Waals surface area contributed by atoms with Crippen LogP contribution in [0.5, 0.6) is 11.5 Å². The van der Waals surface area contributed by atoms with Crippen LogP contribution in [0.3, 0.4) is 0 Å². The normalized spacial score (nSPS) is 10.7. The van der Waals surface area contributed by atoms with E-state index in [1.54, 1.807) is 48.5 Å². The summed E-state index contributed by atoms with van der Waals surface area (Å²) in [6.07, 6.45) is 3.02. The summed E-state index contributed by atoms with van der Waals surface area (Å²) in [5, 5.41) is 18.7. The van der Waals surface area contributed by atoms with Crippen LogP contribution in [0.2, 0.25) is 0 Å². The van der Waals surface area contributed by atoms with Crippen molar-refractivity contribution in [1.29, 1.82) is 0 Å². The van der Waals surface area contributed by atoms with Crippen LogP contribution < -0.4 is 0 Å². The van der Waals surface area contributed by atoms with Crippen molar-refractivity contribution in [2.24, 2.45) is 0 Å². The Morgan fingerprint density at radius 3 is 2.28 bits per heavy atom. The van der Waals surface area contributed by atoms with Gasteiger partial charge in [-0.3, -0.25) is 4.79 Å². The molecule has 2 rings (SSSR count). The number of ketones is 1. The maximum atomic E-state index is 11.8. The molecule has 0 aromatic heterocycles. The van der Waals surface area contributed by atoms with E-state index in [0.717, 1.165) is 5.56 Å². The van der Waals surface area contributed by atoms with Crippen LogP contribution in [0.15, 0.2) is 54.6 Å². The molecular formula is C15H12O3. The standard InChI is InChI=1S/C15H12O3/c16-12-8-5-11(6-9-12)7-10-15(18)13-3-1-2-4-14(13)17/h1-10,16-17H. The van der Waals surface area contributed by atoms with Crippen LogP contribution in [0, 0.1) is 0 Å². The Bertz CT molecular complexity index is 583. The van der Waals surface area contributed by atoms with Gasteiger partial charge in [-0.05, 0) is 35.9 Å². The van der Waals surface area contributed by atoms with E-state index in [-0.39, 0.29) is 22.8 Å². The number of phenols is 2. The van der Waals surface area contributed by atoms with Crippen molar-refractivity contribution in [3.05, 3.63) is 65.7 Å². The van der Waals surface area contributed by atoms with Gasteiger partial charge >= 0.3 is 0 Å². The molecular weight excluding hydrogens is 228 g/mol. The van der Waals surface area contributed by atoms with E-state index in [1.807, 2.05) is 0 Å². The van der Waals surface area contributed by atoms with Gasteiger partial charge in [0.2, 0.25) is 0 Å². The maximum absolute atomic E-state index is 11.8. The number of hydrogen-bond acceptors (Lipinski definition) is 3. The molecule has 0 aliphatic heterocycles. The van der Waals surface area contributed by atoms with Crippen molar-refractivity contribution in [2.45, 2.75) is 0 Å². The van der Waals surface area contributed by atoms with Gasteiger partial charge in [0.25, 0.3) is 0 Å². The summed E-state index contributed by atoms with van der Waals surface area (Å²) in [6.45, 7) is 0. The average Bonchev–Trinajstić information content (AvgIpc) is 2.38. The third kappa shape index (κ3) is 2.77. The van der Waals surface area contributed by atoms with E-state index in [0.29, 0.717) is 0 Å². The highest BCUT2D eigenvalue weighted by molar-refractivity contribution is 6.08. The smallest absolute Gasteiger partial charge is 0.189 e. The van der Waals surface area contributed by atoms with Crippen molar-refractivity contribution >= 4 is 11.9 Å². The predicted molar refractivity (Wildman–Crippen MR) is 69.6 cm³/mol. The first-order chi connectivity index (χ1) is 8.66. The Kier molecular flexibility index (Phi) is 3.44. The second-order valence-corrected chi connectivity index (χ2v) is 3.81. The van der Waals surface area contributed by atoms with Gasteiger partial charge in [-0.1, -0.05) is 30.3 Å². The van der Waals surface area contributed by atoms with E-state index < -0.39 is 0 Å². The Hall–Kier alpha value is -2.55. The van der Waals surface area contributed by atoms with Crippen LogP contribution in [-0.2, 0) is 0 Å². The number of carbonyl (C=O) groups excluding carboxylic acids is 1. The molecule has 0 atom stereocenters. The van der Waals surface area contributed by atoms with Crippen molar-refractivity contribution in [1.82, 2.24) is 0 Å². The first-order valence-corrected chi connectivity index (χ1v) is 5.46. The number of carbonyl (C=O) groups is 1. The predicted octanol–water partition coefficient (Wildman–Crippen LogP) is 2.99. The van der Waals surface area contributed by atoms with Crippen LogP contribution >= 0.6 is 0 Å². The minimum Gasteiger partial charge on any atom is -0.508 e. The first kappa shape index (κ1) is 11.9. The molecule has 0 radical (unpaired) electrons. The first-order valence-electron chi connectivity index (χ1n) is 5.46. The summed E-state index contributed by atoms with van der Waals surface area (Å²) in [7, 11) is 0. The molecule has 0 aliphatic rings. The fourth-order valence-corrected chi connectivity index (χ4v) is 1.53. The minimum atomic E-state index is -0.263. The monoisotopic (exact) mass is 240 g/mol. The molecule has 3 nitrogen and oxygen atoms in total. The second-order valence-electron chi connectivity index (χ2n) is 3.81. The van der Waals surface area contributed by atoms with Crippen molar-refractivity contribution in [3.63, 3.8) is 0 Å². The van der Waals surface area contributed by atoms with Gasteiger partial charge < -0.3 is 10.2 Å². The van der Waals surface area contributed by atoms with Crippen molar-refractivity contribution in [3.8, 4) is 11.5 Å². The highest BCUT2D eigenvalue weighted by Gasteiger charge is 2.06. The van der Waals surface area contributed by atoms with Gasteiger partial charge in [0.1, 0.15) is 11.5 Å². The van der Waals surface area contributed by atoms with Gasteiger partial charge in [0.15, 0.2) is 5.78 Å². The van der Waals surface area contributed by atoms with Crippen LogP contribution in [0.25, 0.3) is 6.08 Å². The largest absolute Gasteiger partial charge is 0.508 e. The summed E-state index contributed by atoms with van der Waals surface area (Å²) in [6, 6.07) is 12.9. The number of rotatable bonds is 3. The summed E-state index contributed by atoms with van der Waals surface area (Å²) >= 11 is 0. The molecule has 0 saturated heterocycles. The zero-order valence-electron chi connectivity index (χ0n) is 9.58. The van der Waals surface area contributed by atoms with Gasteiger partial charge in [0.05, 0.1) is 5.56 Å². The van der Waals surface area contributed by atoms with Crippen molar-refractivity contribution < 1.29 is 15.0 Å². The minimum absolute atomic E-state index is 0.0298. The molecule has 2 aromatic rings. The molecule has 90 valence electrons. The average molecular weight is 240 g/mol. The lowest BCUT2D eigenvalue weighted by atomic mass is 10.1. The fourth-order valence-electron chi connectivity index (χ4n) is 1.53. The molecule has 0 aliphatic carbocycles. The molecule has 0 fully saturated rings. The zero-order valence-corrected chi connectivity index (χ0v) is 9.58. The van der Waals surface area contributed by atoms with Gasteiger partial charge in [-0.15, -0.1) is 0 Å². The number of benzene rings is 2. The highest BCUT2D eigenvalue weighted by atomic mass is 16.3. The number of aromatic hydroxyl groups is 2. The molecule has 0 saturated carbocycles. The molecule has 18 heavy (non-hydrogen) atoms. The lowest BCUT2D eigenvalue weighted by Crippen LogP contribution is -1.94. The molecule has 2 N–H and O–H groups in total. The maximum Gasteiger partial charge on any atom is 0.189 e. The summed E-state index contributed by atoms with van der Waals surface area (Å²) in [4.78, 5) is 11.8. The number of allylic oxidation sites excluding steroid dienone is 1. The number of phenolic OH excluding ortho intramolecular Hbond substituents is 2. The van der Waals surface area contributed by atoms with Crippen molar-refractivity contribution in [2.75, 3.05) is 0 Å². The molecule has 0 bridgehead atoms. The Balaban J connectivity index is 2.17. The molecule has 3 heteroatoms. The molecule has 2 aromatic carbocycles. The number of hydrogen-bond donors (Lipinski definition) is 2. The third-order valence-corrected chi connectivity index (χ3v) is 2.49. The lowest BCUT2D eigenvalue weighted by Gasteiger charge is -1.99. The third-order valence-electron chi connectivity index (χ3n) is 2.49. The van der Waals surface area contributed by atoms with Gasteiger partial charge in [-0.25, -0.2) is 0 Å². The molecule has 0 heterocycles. The molecule has 0 unspecified atom stereocenters. The van der Waals surface area contributed by atoms with Crippen LogP contribution in [0.4, 0.5) is 0 Å². The van der Waals surface area contributed by atoms with Gasteiger partial charge in [-0.2, -0.15) is 0 Å². The van der Waals surface area contributed by atoms with Crippen LogP contribution in [0.1, 0.15) is 15.9 Å². The second kappa shape index (κ2) is 5.19. The van der Waals surface area contributed by atoms with E-state index in [1.165, 1.54) is 12.1 Å². The quantitative estimate of drug-likeness (QED) is 0.640. The number of para-hydroxylation sites is 1. The Morgan fingerprint density at radius 1 is 0.944 bits per heavy atom. The van der Waals surface area contributed by atoms with Gasteiger partial charge in [0, 0.05) is 0 Å². The zero-order chi connectivity index (χ0) is 13.0. The Labute approximate surface area is 105 Å². The highest BCUT2D eigenvalue weighted by Crippen LogP contribution is 2.17. The fraction of sp³-hybridized carbons (Fsp3) is 0. The Morgan fingerprint density at radius 2 is 1.61 bits per heavy atom.